The summed E-state index contributed by atoms with van der Waals surface area (Å²) in [6.45, 7) is 0.471. The SMILES string of the molecule is N#C[C@H](c1nc2ccccc2nc1NCCc1ccccc1)S(=O)(=O)c1ccc(F)cc1. The summed E-state index contributed by atoms with van der Waals surface area (Å²) in [7, 11) is -4.16. The predicted octanol–water partition coefficient (Wildman–Crippen LogP) is 4.46. The Morgan fingerprint density at radius 1 is 0.906 bits per heavy atom. The highest BCUT2D eigenvalue weighted by molar-refractivity contribution is 7.92. The minimum absolute atomic E-state index is 0.0172. The summed E-state index contributed by atoms with van der Waals surface area (Å²) < 4.78 is 39.7. The van der Waals surface area contributed by atoms with E-state index in [-0.39, 0.29) is 16.4 Å². The van der Waals surface area contributed by atoms with Gasteiger partial charge in [0.25, 0.3) is 0 Å². The number of para-hydroxylation sites is 2. The lowest BCUT2D eigenvalue weighted by molar-refractivity contribution is 0.589. The van der Waals surface area contributed by atoms with Crippen molar-refractivity contribution in [1.82, 2.24) is 9.97 Å². The Balaban J connectivity index is 1.74. The van der Waals surface area contributed by atoms with Crippen LogP contribution in [0.15, 0.2) is 83.8 Å². The second-order valence-corrected chi connectivity index (χ2v) is 9.15. The molecule has 1 N–H and O–H groups in total. The Morgan fingerprint density at radius 2 is 1.53 bits per heavy atom. The molecule has 0 fully saturated rings. The molecule has 0 saturated carbocycles. The Morgan fingerprint density at radius 3 is 2.19 bits per heavy atom. The smallest absolute Gasteiger partial charge is 0.200 e. The fraction of sp³-hybridized carbons (Fsp3) is 0.125. The molecule has 1 heterocycles. The van der Waals surface area contributed by atoms with Crippen LogP contribution in [0.2, 0.25) is 0 Å². The van der Waals surface area contributed by atoms with E-state index in [0.29, 0.717) is 24.0 Å². The fourth-order valence-corrected chi connectivity index (χ4v) is 4.72. The first-order valence-electron chi connectivity index (χ1n) is 9.92. The van der Waals surface area contributed by atoms with Crippen molar-refractivity contribution >= 4 is 26.7 Å². The maximum atomic E-state index is 13.3. The van der Waals surface area contributed by atoms with Crippen molar-refractivity contribution in [3.8, 4) is 6.07 Å². The normalized spacial score (nSPS) is 12.2. The Kier molecular flexibility index (Phi) is 6.10. The van der Waals surface area contributed by atoms with Crippen molar-refractivity contribution in [1.29, 1.82) is 5.26 Å². The van der Waals surface area contributed by atoms with Crippen molar-refractivity contribution in [2.45, 2.75) is 16.6 Å². The van der Waals surface area contributed by atoms with Gasteiger partial charge in [-0.25, -0.2) is 22.8 Å². The Labute approximate surface area is 185 Å². The highest BCUT2D eigenvalue weighted by atomic mass is 32.2. The first-order chi connectivity index (χ1) is 15.5. The number of nitrogens with zero attached hydrogens (tertiary/aromatic N) is 3. The van der Waals surface area contributed by atoms with Gasteiger partial charge < -0.3 is 5.32 Å². The van der Waals surface area contributed by atoms with Crippen molar-refractivity contribution in [2.75, 3.05) is 11.9 Å². The lowest BCUT2D eigenvalue weighted by atomic mass is 10.1. The quantitative estimate of drug-likeness (QED) is 0.421. The molecule has 0 aliphatic heterocycles. The fourth-order valence-electron chi connectivity index (χ4n) is 3.33. The highest BCUT2D eigenvalue weighted by Crippen LogP contribution is 2.32. The van der Waals surface area contributed by atoms with Crippen LogP contribution in [-0.2, 0) is 16.3 Å². The lowest BCUT2D eigenvalue weighted by Gasteiger charge is -2.16. The molecular formula is C24H19FN4O2S. The molecule has 0 aliphatic carbocycles. The van der Waals surface area contributed by atoms with E-state index in [4.69, 9.17) is 0 Å². The van der Waals surface area contributed by atoms with Crippen LogP contribution < -0.4 is 5.32 Å². The third-order valence-corrected chi connectivity index (χ3v) is 6.84. The molecule has 4 rings (SSSR count). The molecule has 8 heteroatoms. The topological polar surface area (TPSA) is 95.7 Å². The van der Waals surface area contributed by atoms with Crippen molar-refractivity contribution in [3.05, 3.63) is 95.9 Å². The number of nitriles is 1. The van der Waals surface area contributed by atoms with E-state index in [0.717, 1.165) is 29.8 Å². The van der Waals surface area contributed by atoms with E-state index in [1.807, 2.05) is 42.5 Å². The van der Waals surface area contributed by atoms with Crippen molar-refractivity contribution < 1.29 is 12.8 Å². The number of aromatic nitrogens is 2. The number of rotatable bonds is 7. The molecular weight excluding hydrogens is 427 g/mol. The van der Waals surface area contributed by atoms with Crippen molar-refractivity contribution in [2.24, 2.45) is 0 Å². The van der Waals surface area contributed by atoms with E-state index in [1.54, 1.807) is 18.2 Å². The Hall–Kier alpha value is -3.83. The molecule has 0 unspecified atom stereocenters. The number of fused-ring (bicyclic) bond motifs is 1. The summed E-state index contributed by atoms with van der Waals surface area (Å²) in [5.74, 6) is -0.330. The largest absolute Gasteiger partial charge is 0.368 e. The summed E-state index contributed by atoms with van der Waals surface area (Å²) in [5, 5.41) is 11.4. The van der Waals surface area contributed by atoms with Gasteiger partial charge in [-0.15, -0.1) is 0 Å². The molecule has 0 spiro atoms. The molecule has 160 valence electrons. The molecule has 0 saturated heterocycles. The van der Waals surface area contributed by atoms with Gasteiger partial charge >= 0.3 is 0 Å². The number of anilines is 1. The van der Waals surface area contributed by atoms with Gasteiger partial charge in [-0.05, 0) is 48.4 Å². The summed E-state index contributed by atoms with van der Waals surface area (Å²) in [6.07, 6.45) is 0.677. The molecule has 0 amide bonds. The van der Waals surface area contributed by atoms with Gasteiger partial charge in [0.2, 0.25) is 9.84 Å². The van der Waals surface area contributed by atoms with E-state index in [2.05, 4.69) is 15.3 Å². The number of hydrogen-bond acceptors (Lipinski definition) is 6. The first-order valence-corrected chi connectivity index (χ1v) is 11.5. The van der Waals surface area contributed by atoms with Gasteiger partial charge in [-0.2, -0.15) is 5.26 Å². The molecule has 3 aromatic carbocycles. The van der Waals surface area contributed by atoms with Crippen molar-refractivity contribution in [3.63, 3.8) is 0 Å². The molecule has 0 bridgehead atoms. The predicted molar refractivity (Wildman–Crippen MR) is 120 cm³/mol. The second kappa shape index (κ2) is 9.12. The van der Waals surface area contributed by atoms with Crippen LogP contribution in [0.25, 0.3) is 11.0 Å². The number of sulfone groups is 1. The van der Waals surface area contributed by atoms with Gasteiger partial charge in [0.05, 0.1) is 22.0 Å². The molecule has 1 atom stereocenters. The highest BCUT2D eigenvalue weighted by Gasteiger charge is 2.33. The molecule has 32 heavy (non-hydrogen) atoms. The standard InChI is InChI=1S/C24H19FN4O2S/c25-18-10-12-19(13-11-18)32(30,31)22(16-26)23-24(27-15-14-17-6-2-1-3-7-17)29-21-9-5-4-8-20(21)28-23/h1-13,22H,14-15H2,(H,27,29)/t22-/m1/s1. The van der Waals surface area contributed by atoms with Crippen LogP contribution in [0.3, 0.4) is 0 Å². The third-order valence-electron chi connectivity index (χ3n) is 4.96. The van der Waals surface area contributed by atoms with Crippen LogP contribution in [0.1, 0.15) is 16.5 Å². The molecule has 0 radical (unpaired) electrons. The molecule has 0 aliphatic rings. The molecule has 4 aromatic rings. The minimum Gasteiger partial charge on any atom is -0.368 e. The zero-order valence-corrected chi connectivity index (χ0v) is 17.8. The number of benzene rings is 3. The Bertz CT molecular complexity index is 1390. The monoisotopic (exact) mass is 446 g/mol. The van der Waals surface area contributed by atoms with E-state index in [1.165, 1.54) is 0 Å². The van der Waals surface area contributed by atoms with E-state index >= 15 is 0 Å². The van der Waals surface area contributed by atoms with Gasteiger partial charge in [-0.1, -0.05) is 42.5 Å². The second-order valence-electron chi connectivity index (χ2n) is 7.12. The van der Waals surface area contributed by atoms with Gasteiger partial charge in [0.1, 0.15) is 11.5 Å². The summed E-state index contributed by atoms with van der Waals surface area (Å²) in [6, 6.07) is 23.1. The molecule has 1 aromatic heterocycles. The average Bonchev–Trinajstić information content (AvgIpc) is 2.80. The first kappa shape index (κ1) is 21.4. The lowest BCUT2D eigenvalue weighted by Crippen LogP contribution is -2.18. The summed E-state index contributed by atoms with van der Waals surface area (Å²) >= 11 is 0. The number of halogens is 1. The number of hydrogen-bond donors (Lipinski definition) is 1. The van der Waals surface area contributed by atoms with Crippen LogP contribution >= 0.6 is 0 Å². The van der Waals surface area contributed by atoms with Gasteiger partial charge in [-0.3, -0.25) is 0 Å². The zero-order chi connectivity index (χ0) is 22.6. The minimum atomic E-state index is -4.16. The van der Waals surface area contributed by atoms with E-state index in [9.17, 15) is 18.1 Å². The van der Waals surface area contributed by atoms with Crippen LogP contribution in [0, 0.1) is 17.1 Å². The summed E-state index contributed by atoms with van der Waals surface area (Å²) in [5.41, 5.74) is 2.18. The van der Waals surface area contributed by atoms with Crippen LogP contribution in [0.4, 0.5) is 10.2 Å². The molecule has 6 nitrogen and oxygen atoms in total. The summed E-state index contributed by atoms with van der Waals surface area (Å²) in [4.78, 5) is 8.87. The zero-order valence-electron chi connectivity index (χ0n) is 16.9. The number of nitrogens with one attached hydrogen (secondary N) is 1. The average molecular weight is 447 g/mol. The van der Waals surface area contributed by atoms with Crippen LogP contribution in [-0.4, -0.2) is 24.9 Å². The maximum Gasteiger partial charge on any atom is 0.200 e. The van der Waals surface area contributed by atoms with Gasteiger partial charge in [0, 0.05) is 6.54 Å². The van der Waals surface area contributed by atoms with Gasteiger partial charge in [0.15, 0.2) is 11.1 Å². The van der Waals surface area contributed by atoms with E-state index < -0.39 is 20.9 Å². The maximum absolute atomic E-state index is 13.3. The third kappa shape index (κ3) is 4.43. The van der Waals surface area contributed by atoms with Crippen LogP contribution in [0.5, 0.6) is 0 Å².